The minimum atomic E-state index is -0.931. The Kier molecular flexibility index (Phi) is 5.71. The molecule has 0 bridgehead atoms. The van der Waals surface area contributed by atoms with Gasteiger partial charge in [-0.05, 0) is 56.2 Å². The van der Waals surface area contributed by atoms with E-state index in [-0.39, 0.29) is 12.6 Å². The van der Waals surface area contributed by atoms with Crippen molar-refractivity contribution in [3.63, 3.8) is 0 Å². The molecule has 1 aliphatic carbocycles. The number of carbonyl (C=O) groups excluding carboxylic acids is 1. The number of benzene rings is 1. The number of fused-ring (bicyclic) bond motifs is 1. The molecule has 2 atom stereocenters. The van der Waals surface area contributed by atoms with Crippen molar-refractivity contribution < 1.29 is 9.53 Å². The number of esters is 1. The van der Waals surface area contributed by atoms with Gasteiger partial charge in [0.25, 0.3) is 0 Å². The lowest BCUT2D eigenvalue weighted by molar-refractivity contribution is -0.143. The summed E-state index contributed by atoms with van der Waals surface area (Å²) in [6, 6.07) is 8.34. The molecular weight excluding hydrogens is 276 g/mol. The summed E-state index contributed by atoms with van der Waals surface area (Å²) in [5, 5.41) is 9.02. The van der Waals surface area contributed by atoms with Crippen LogP contribution in [0.4, 0.5) is 0 Å². The highest BCUT2D eigenvalue weighted by Crippen LogP contribution is 2.26. The van der Waals surface area contributed by atoms with Gasteiger partial charge in [0.2, 0.25) is 0 Å². The topological polar surface area (TPSA) is 62.5 Å². The Hall–Kier alpha value is -2.15. The van der Waals surface area contributed by atoms with Gasteiger partial charge in [-0.25, -0.2) is 0 Å². The zero-order valence-corrected chi connectivity index (χ0v) is 13.2. The van der Waals surface area contributed by atoms with Crippen LogP contribution in [0.5, 0.6) is 0 Å². The molecule has 0 unspecified atom stereocenters. The highest BCUT2D eigenvalue weighted by Gasteiger charge is 2.17. The lowest BCUT2D eigenvalue weighted by atomic mass is 9.89. The third kappa shape index (κ3) is 3.94. The zero-order chi connectivity index (χ0) is 15.9. The van der Waals surface area contributed by atoms with Crippen LogP contribution in [-0.4, -0.2) is 18.8 Å². The van der Waals surface area contributed by atoms with Gasteiger partial charge in [0.05, 0.1) is 18.7 Å². The van der Waals surface area contributed by atoms with Crippen LogP contribution in [0.3, 0.4) is 0 Å². The van der Waals surface area contributed by atoms with Gasteiger partial charge in [-0.15, -0.1) is 0 Å². The number of hydrogen-bond donors (Lipinski definition) is 0. The predicted molar refractivity (Wildman–Crippen MR) is 85.7 cm³/mol. The molecule has 2 rings (SSSR count). The minimum Gasteiger partial charge on any atom is -0.465 e. The van der Waals surface area contributed by atoms with Gasteiger partial charge in [0, 0.05) is 6.21 Å². The molecule has 0 heterocycles. The van der Waals surface area contributed by atoms with Crippen molar-refractivity contribution in [2.75, 3.05) is 6.61 Å². The molecule has 1 aliphatic rings. The molecule has 1 aromatic carbocycles. The molecule has 0 saturated heterocycles. The first-order chi connectivity index (χ1) is 10.7. The van der Waals surface area contributed by atoms with Gasteiger partial charge in [0.15, 0.2) is 5.92 Å². The van der Waals surface area contributed by atoms with Gasteiger partial charge in [-0.1, -0.05) is 18.2 Å². The van der Waals surface area contributed by atoms with Gasteiger partial charge in [0.1, 0.15) is 0 Å². The molecule has 0 N–H and O–H groups in total. The lowest BCUT2D eigenvalue weighted by Gasteiger charge is -2.18. The predicted octanol–water partition coefficient (Wildman–Crippen LogP) is 3.40. The normalized spacial score (nSPS) is 16.6. The van der Waals surface area contributed by atoms with Crippen LogP contribution in [0, 0.1) is 17.2 Å². The lowest BCUT2D eigenvalue weighted by Crippen LogP contribution is -2.17. The number of carbonyl (C=O) groups is 1. The molecule has 4 heteroatoms. The van der Waals surface area contributed by atoms with E-state index in [9.17, 15) is 4.79 Å². The third-order valence-corrected chi connectivity index (χ3v) is 3.99. The number of aryl methyl sites for hydroxylation is 2. The van der Waals surface area contributed by atoms with Crippen molar-refractivity contribution in [3.05, 3.63) is 34.9 Å². The number of aliphatic imine (C=N–C) groups is 1. The van der Waals surface area contributed by atoms with Crippen LogP contribution in [0.15, 0.2) is 23.2 Å². The summed E-state index contributed by atoms with van der Waals surface area (Å²) in [6.45, 7) is 3.96. The van der Waals surface area contributed by atoms with Gasteiger partial charge >= 0.3 is 5.97 Å². The minimum absolute atomic E-state index is 0.0718. The highest BCUT2D eigenvalue weighted by atomic mass is 16.5. The maximum atomic E-state index is 11.6. The Balaban J connectivity index is 2.08. The van der Waals surface area contributed by atoms with Crippen LogP contribution in [-0.2, 0) is 22.4 Å². The van der Waals surface area contributed by atoms with Crippen molar-refractivity contribution >= 4 is 12.2 Å². The summed E-state index contributed by atoms with van der Waals surface area (Å²) < 4.78 is 4.85. The molecule has 4 nitrogen and oxygen atoms in total. The molecule has 0 aliphatic heterocycles. The first-order valence-electron chi connectivity index (χ1n) is 7.87. The number of ether oxygens (including phenoxy) is 1. The third-order valence-electron chi connectivity index (χ3n) is 3.99. The first-order valence-corrected chi connectivity index (χ1v) is 7.87. The second-order valence-electron chi connectivity index (χ2n) is 5.57. The summed E-state index contributed by atoms with van der Waals surface area (Å²) >= 11 is 0. The Morgan fingerprint density at radius 2 is 2.14 bits per heavy atom. The van der Waals surface area contributed by atoms with E-state index in [1.165, 1.54) is 30.2 Å². The average molecular weight is 298 g/mol. The van der Waals surface area contributed by atoms with Crippen LogP contribution < -0.4 is 0 Å². The molecule has 0 saturated carbocycles. The van der Waals surface area contributed by atoms with Crippen LogP contribution >= 0.6 is 0 Å². The second-order valence-corrected chi connectivity index (χ2v) is 5.57. The monoisotopic (exact) mass is 298 g/mol. The highest BCUT2D eigenvalue weighted by molar-refractivity contribution is 5.92. The van der Waals surface area contributed by atoms with Gasteiger partial charge in [-0.2, -0.15) is 5.26 Å². The van der Waals surface area contributed by atoms with Crippen molar-refractivity contribution in [2.24, 2.45) is 10.9 Å². The van der Waals surface area contributed by atoms with Crippen molar-refractivity contribution in [1.82, 2.24) is 0 Å². The Labute approximate surface area is 131 Å². The fourth-order valence-corrected chi connectivity index (χ4v) is 2.69. The Morgan fingerprint density at radius 3 is 2.82 bits per heavy atom. The van der Waals surface area contributed by atoms with E-state index >= 15 is 0 Å². The van der Waals surface area contributed by atoms with Crippen LogP contribution in [0.1, 0.15) is 49.4 Å². The summed E-state index contributed by atoms with van der Waals surface area (Å²) in [5.41, 5.74) is 3.97. The first kappa shape index (κ1) is 16.2. The van der Waals surface area contributed by atoms with E-state index in [1.54, 1.807) is 6.92 Å². The molecule has 0 fully saturated rings. The van der Waals surface area contributed by atoms with E-state index in [2.05, 4.69) is 23.2 Å². The SMILES string of the molecule is CCOC(=O)[C@@H](C#N)C=N[C@H](C)c1ccc2c(c1)CCCC2. The van der Waals surface area contributed by atoms with Crippen molar-refractivity contribution in [1.29, 1.82) is 5.26 Å². The Bertz CT molecular complexity index is 602. The average Bonchev–Trinajstić information content (AvgIpc) is 2.55. The Morgan fingerprint density at radius 1 is 1.41 bits per heavy atom. The van der Waals surface area contributed by atoms with Gasteiger partial charge in [-0.3, -0.25) is 9.79 Å². The number of hydrogen-bond acceptors (Lipinski definition) is 4. The fraction of sp³-hybridized carbons (Fsp3) is 0.500. The van der Waals surface area contributed by atoms with Crippen molar-refractivity contribution in [2.45, 2.75) is 45.6 Å². The fourth-order valence-electron chi connectivity index (χ4n) is 2.69. The number of nitriles is 1. The maximum absolute atomic E-state index is 11.6. The maximum Gasteiger partial charge on any atom is 0.328 e. The van der Waals surface area contributed by atoms with Crippen molar-refractivity contribution in [3.8, 4) is 6.07 Å². The standard InChI is InChI=1S/C18H22N2O2/c1-3-22-18(21)17(11-19)12-20-13(2)15-9-8-14-6-4-5-7-16(14)10-15/h8-10,12-13,17H,3-7H2,1-2H3/t13-,17+/m1/s1. The quantitative estimate of drug-likeness (QED) is 0.618. The molecule has 0 amide bonds. The molecule has 0 aromatic heterocycles. The van der Waals surface area contributed by atoms with Crippen LogP contribution in [0.2, 0.25) is 0 Å². The molecule has 116 valence electrons. The molecule has 1 aromatic rings. The van der Waals surface area contributed by atoms with E-state index < -0.39 is 11.9 Å². The summed E-state index contributed by atoms with van der Waals surface area (Å²) in [4.78, 5) is 15.9. The summed E-state index contributed by atoms with van der Waals surface area (Å²) in [6.07, 6.45) is 6.20. The number of nitrogens with zero attached hydrogens (tertiary/aromatic N) is 2. The van der Waals surface area contributed by atoms with Crippen LogP contribution in [0.25, 0.3) is 0 Å². The zero-order valence-electron chi connectivity index (χ0n) is 13.2. The van der Waals surface area contributed by atoms with E-state index in [4.69, 9.17) is 10.00 Å². The number of rotatable bonds is 5. The molecule has 0 radical (unpaired) electrons. The van der Waals surface area contributed by atoms with E-state index in [0.717, 1.165) is 18.4 Å². The largest absolute Gasteiger partial charge is 0.465 e. The summed E-state index contributed by atoms with van der Waals surface area (Å²) in [5.74, 6) is -1.47. The smallest absolute Gasteiger partial charge is 0.328 e. The summed E-state index contributed by atoms with van der Waals surface area (Å²) in [7, 11) is 0. The molecular formula is C18H22N2O2. The molecule has 22 heavy (non-hydrogen) atoms. The molecule has 0 spiro atoms. The van der Waals surface area contributed by atoms with Gasteiger partial charge < -0.3 is 4.74 Å². The van der Waals surface area contributed by atoms with E-state index in [0.29, 0.717) is 0 Å². The van der Waals surface area contributed by atoms with E-state index in [1.807, 2.05) is 13.0 Å². The second kappa shape index (κ2) is 7.74.